The first-order chi connectivity index (χ1) is 10.6. The molecule has 0 aliphatic rings. The minimum absolute atomic E-state index is 0.262. The molecule has 118 valence electrons. The second-order valence-electron chi connectivity index (χ2n) is 4.23. The van der Waals surface area contributed by atoms with Crippen LogP contribution in [-0.4, -0.2) is 32.6 Å². The summed E-state index contributed by atoms with van der Waals surface area (Å²) in [6.45, 7) is 5.49. The van der Waals surface area contributed by atoms with Gasteiger partial charge in [-0.3, -0.25) is 4.79 Å². The molecule has 0 unspecified atom stereocenters. The zero-order valence-electron chi connectivity index (χ0n) is 13.2. The molecule has 1 aromatic rings. The zero-order chi connectivity index (χ0) is 16.5. The second-order valence-corrected chi connectivity index (χ2v) is 5.05. The van der Waals surface area contributed by atoms with Gasteiger partial charge in [0.15, 0.2) is 11.5 Å². The number of carbonyl (C=O) groups is 1. The van der Waals surface area contributed by atoms with Crippen LogP contribution in [0.25, 0.3) is 0 Å². The largest absolute Gasteiger partial charge is 0.493 e. The van der Waals surface area contributed by atoms with E-state index in [0.717, 1.165) is 11.1 Å². The van der Waals surface area contributed by atoms with E-state index in [-0.39, 0.29) is 5.91 Å². The molecule has 1 amide bonds. The van der Waals surface area contributed by atoms with Crippen LogP contribution in [0.2, 0.25) is 0 Å². The summed E-state index contributed by atoms with van der Waals surface area (Å²) in [5.74, 6) is 0.976. The quantitative estimate of drug-likeness (QED) is 0.363. The standard InChI is InChI=1S/C16H20N2O3S/c1-6-11(2)15(22-5)16(19)18-17-10-12-7-8-13(20-3)14(9-12)21-4/h6-10H,1H2,2-5H3,(H,18,19)/b15-11+,17-10-. The van der Waals surface area contributed by atoms with Crippen molar-refractivity contribution >= 4 is 23.9 Å². The van der Waals surface area contributed by atoms with Crippen LogP contribution >= 0.6 is 11.8 Å². The highest BCUT2D eigenvalue weighted by atomic mass is 32.2. The molecule has 0 radical (unpaired) electrons. The molecule has 0 aromatic heterocycles. The fourth-order valence-corrected chi connectivity index (χ4v) is 2.31. The number of ether oxygens (including phenoxy) is 2. The monoisotopic (exact) mass is 320 g/mol. The van der Waals surface area contributed by atoms with Gasteiger partial charge in [0.05, 0.1) is 25.3 Å². The Hall–Kier alpha value is -2.21. The summed E-state index contributed by atoms with van der Waals surface area (Å²) in [5, 5.41) is 3.96. The molecule has 0 saturated carbocycles. The molecule has 0 saturated heterocycles. The Bertz CT molecular complexity index is 609. The molecule has 22 heavy (non-hydrogen) atoms. The van der Waals surface area contributed by atoms with Crippen LogP contribution in [0.15, 0.2) is 46.4 Å². The summed E-state index contributed by atoms with van der Waals surface area (Å²) in [6, 6.07) is 5.36. The number of nitrogens with zero attached hydrogens (tertiary/aromatic N) is 1. The number of carbonyl (C=O) groups excluding carboxylic acids is 1. The summed E-state index contributed by atoms with van der Waals surface area (Å²) in [7, 11) is 3.14. The third-order valence-electron chi connectivity index (χ3n) is 2.86. The van der Waals surface area contributed by atoms with Crippen LogP contribution in [0.5, 0.6) is 11.5 Å². The Morgan fingerprint density at radius 3 is 2.55 bits per heavy atom. The van der Waals surface area contributed by atoms with E-state index in [9.17, 15) is 4.79 Å². The van der Waals surface area contributed by atoms with Crippen molar-refractivity contribution in [2.45, 2.75) is 6.92 Å². The van der Waals surface area contributed by atoms with Crippen molar-refractivity contribution in [3.8, 4) is 11.5 Å². The van der Waals surface area contributed by atoms with Gasteiger partial charge in [0.2, 0.25) is 0 Å². The van der Waals surface area contributed by atoms with Gasteiger partial charge in [0, 0.05) is 0 Å². The van der Waals surface area contributed by atoms with Crippen LogP contribution < -0.4 is 14.9 Å². The number of thioether (sulfide) groups is 1. The Kier molecular flexibility index (Phi) is 7.25. The molecule has 1 aromatic carbocycles. The molecule has 1 rings (SSSR count). The van der Waals surface area contributed by atoms with E-state index >= 15 is 0 Å². The normalized spacial score (nSPS) is 11.8. The third-order valence-corrected chi connectivity index (χ3v) is 3.78. The van der Waals surface area contributed by atoms with E-state index in [4.69, 9.17) is 9.47 Å². The summed E-state index contributed by atoms with van der Waals surface area (Å²) < 4.78 is 10.4. The Morgan fingerprint density at radius 1 is 1.32 bits per heavy atom. The first kappa shape index (κ1) is 17.8. The Balaban J connectivity index is 2.82. The summed E-state index contributed by atoms with van der Waals surface area (Å²) in [4.78, 5) is 12.6. The predicted molar refractivity (Wildman–Crippen MR) is 91.7 cm³/mol. The maximum absolute atomic E-state index is 12.0. The van der Waals surface area contributed by atoms with E-state index in [0.29, 0.717) is 16.4 Å². The molecular formula is C16H20N2O3S. The average molecular weight is 320 g/mol. The van der Waals surface area contributed by atoms with Crippen molar-refractivity contribution in [3.05, 3.63) is 46.9 Å². The van der Waals surface area contributed by atoms with E-state index in [1.165, 1.54) is 11.8 Å². The highest BCUT2D eigenvalue weighted by Gasteiger charge is 2.09. The minimum Gasteiger partial charge on any atom is -0.493 e. The van der Waals surface area contributed by atoms with Crippen molar-refractivity contribution in [2.75, 3.05) is 20.5 Å². The summed E-state index contributed by atoms with van der Waals surface area (Å²) in [5.41, 5.74) is 4.09. The van der Waals surface area contributed by atoms with Crippen LogP contribution in [0, 0.1) is 0 Å². The topological polar surface area (TPSA) is 59.9 Å². The highest BCUT2D eigenvalue weighted by molar-refractivity contribution is 8.03. The number of methoxy groups -OCH3 is 2. The van der Waals surface area contributed by atoms with Crippen LogP contribution in [0.4, 0.5) is 0 Å². The van der Waals surface area contributed by atoms with Gasteiger partial charge in [-0.1, -0.05) is 12.7 Å². The van der Waals surface area contributed by atoms with E-state index in [1.54, 1.807) is 38.6 Å². The lowest BCUT2D eigenvalue weighted by atomic mass is 10.2. The number of rotatable bonds is 7. The molecule has 6 heteroatoms. The molecule has 0 heterocycles. The number of hydrazone groups is 1. The van der Waals surface area contributed by atoms with Crippen LogP contribution in [0.1, 0.15) is 12.5 Å². The molecular weight excluding hydrogens is 300 g/mol. The number of hydrogen-bond donors (Lipinski definition) is 1. The lowest BCUT2D eigenvalue weighted by Gasteiger charge is -2.07. The van der Waals surface area contributed by atoms with E-state index in [1.807, 2.05) is 19.2 Å². The van der Waals surface area contributed by atoms with Crippen molar-refractivity contribution in [1.82, 2.24) is 5.43 Å². The number of hydrogen-bond acceptors (Lipinski definition) is 5. The SMILES string of the molecule is C=C/C(C)=C(/SC)C(=O)N/N=C\c1ccc(OC)c(OC)c1. The molecule has 0 aliphatic carbocycles. The number of nitrogens with one attached hydrogen (secondary N) is 1. The Labute approximate surface area is 135 Å². The smallest absolute Gasteiger partial charge is 0.278 e. The fourth-order valence-electron chi connectivity index (χ4n) is 1.67. The van der Waals surface area contributed by atoms with E-state index < -0.39 is 0 Å². The number of allylic oxidation sites excluding steroid dienone is 2. The van der Waals surface area contributed by atoms with Crippen LogP contribution in [0.3, 0.4) is 0 Å². The lowest BCUT2D eigenvalue weighted by Crippen LogP contribution is -2.19. The van der Waals surface area contributed by atoms with Gasteiger partial charge in [0.1, 0.15) is 0 Å². The average Bonchev–Trinajstić information content (AvgIpc) is 2.55. The lowest BCUT2D eigenvalue weighted by molar-refractivity contribution is -0.116. The maximum Gasteiger partial charge on any atom is 0.278 e. The molecule has 0 spiro atoms. The van der Waals surface area contributed by atoms with Crippen molar-refractivity contribution in [2.24, 2.45) is 5.10 Å². The molecule has 0 aliphatic heterocycles. The molecule has 0 atom stereocenters. The van der Waals surface area contributed by atoms with Gasteiger partial charge >= 0.3 is 0 Å². The van der Waals surface area contributed by atoms with E-state index in [2.05, 4.69) is 17.1 Å². The van der Waals surface area contributed by atoms with Gasteiger partial charge in [-0.05, 0) is 42.5 Å². The predicted octanol–water partition coefficient (Wildman–Crippen LogP) is 2.98. The first-order valence-electron chi connectivity index (χ1n) is 6.50. The van der Waals surface area contributed by atoms with Gasteiger partial charge < -0.3 is 9.47 Å². The van der Waals surface area contributed by atoms with Crippen molar-refractivity contribution in [1.29, 1.82) is 0 Å². The van der Waals surface area contributed by atoms with Gasteiger partial charge in [-0.25, -0.2) is 5.43 Å². The van der Waals surface area contributed by atoms with Gasteiger partial charge in [-0.2, -0.15) is 5.10 Å². The number of amides is 1. The third kappa shape index (κ3) is 4.66. The second kappa shape index (κ2) is 8.94. The molecule has 0 fully saturated rings. The zero-order valence-corrected chi connectivity index (χ0v) is 14.0. The number of benzene rings is 1. The first-order valence-corrected chi connectivity index (χ1v) is 7.72. The summed E-state index contributed by atoms with van der Waals surface area (Å²) >= 11 is 1.35. The highest BCUT2D eigenvalue weighted by Crippen LogP contribution is 2.26. The maximum atomic E-state index is 12.0. The fraction of sp³-hybridized carbons (Fsp3) is 0.250. The van der Waals surface area contributed by atoms with Crippen molar-refractivity contribution < 1.29 is 14.3 Å². The molecule has 5 nitrogen and oxygen atoms in total. The summed E-state index contributed by atoms with van der Waals surface area (Å²) in [6.07, 6.45) is 5.02. The van der Waals surface area contributed by atoms with Gasteiger partial charge in [-0.15, -0.1) is 11.8 Å². The van der Waals surface area contributed by atoms with Crippen LogP contribution in [-0.2, 0) is 4.79 Å². The molecule has 1 N–H and O–H groups in total. The minimum atomic E-state index is -0.262. The Morgan fingerprint density at radius 2 is 2.00 bits per heavy atom. The van der Waals surface area contributed by atoms with Gasteiger partial charge in [0.25, 0.3) is 5.91 Å². The van der Waals surface area contributed by atoms with Crippen molar-refractivity contribution in [3.63, 3.8) is 0 Å². The molecule has 0 bridgehead atoms.